The van der Waals surface area contributed by atoms with Gasteiger partial charge >= 0.3 is 0 Å². The van der Waals surface area contributed by atoms with E-state index in [9.17, 15) is 0 Å². The second-order valence-electron chi connectivity index (χ2n) is 16.0. The first kappa shape index (κ1) is 35.9. The molecule has 0 aliphatic heterocycles. The van der Waals surface area contributed by atoms with Crippen molar-refractivity contribution in [3.8, 4) is 62.1 Å². The van der Waals surface area contributed by atoms with Crippen LogP contribution in [0.1, 0.15) is 0 Å². The maximum Gasteiger partial charge on any atom is 0.164 e. The van der Waals surface area contributed by atoms with Gasteiger partial charge in [0.15, 0.2) is 17.5 Å². The van der Waals surface area contributed by atoms with E-state index in [1.807, 2.05) is 0 Å². The molecule has 0 aliphatic rings. The number of aromatic nitrogens is 4. The van der Waals surface area contributed by atoms with Crippen LogP contribution in [0.15, 0.2) is 206 Å². The number of thiophene rings is 2. The SMILES string of the molecule is c1ccc(-c2ccc(-c3ccc4c(c3)c3cc(-c5nc(-c6ccc7c(c6)sc6ccccc67)nc(-c6cccc7sc8ccccc8c67)n5)ccc3n4-c3ccccc3)cc2)cc1. The van der Waals surface area contributed by atoms with Crippen LogP contribution in [0.2, 0.25) is 0 Å². The fourth-order valence-corrected chi connectivity index (χ4v) is 11.5. The zero-order valence-corrected chi connectivity index (χ0v) is 35.4. The summed E-state index contributed by atoms with van der Waals surface area (Å²) in [6, 6.07) is 73.9. The summed E-state index contributed by atoms with van der Waals surface area (Å²) in [6.45, 7) is 0. The average Bonchev–Trinajstić information content (AvgIpc) is 4.03. The molecule has 0 saturated carbocycles. The van der Waals surface area contributed by atoms with Crippen molar-refractivity contribution in [2.24, 2.45) is 0 Å². The van der Waals surface area contributed by atoms with Gasteiger partial charge < -0.3 is 4.57 Å². The second kappa shape index (κ2) is 14.4. The van der Waals surface area contributed by atoms with Gasteiger partial charge in [0.1, 0.15) is 0 Å². The van der Waals surface area contributed by atoms with E-state index in [1.54, 1.807) is 22.7 Å². The molecule has 0 radical (unpaired) electrons. The number of benzene rings is 9. The van der Waals surface area contributed by atoms with Crippen LogP contribution in [-0.2, 0) is 0 Å². The Labute approximate surface area is 370 Å². The van der Waals surface area contributed by atoms with E-state index in [4.69, 9.17) is 15.0 Å². The van der Waals surface area contributed by atoms with Crippen molar-refractivity contribution in [1.82, 2.24) is 19.5 Å². The molecule has 4 heterocycles. The third-order valence-corrected chi connectivity index (χ3v) is 14.5. The highest BCUT2D eigenvalue weighted by molar-refractivity contribution is 7.26. The third kappa shape index (κ3) is 5.98. The number of hydrogen-bond acceptors (Lipinski definition) is 5. The van der Waals surface area contributed by atoms with Crippen LogP contribution in [0.25, 0.3) is 124 Å². The van der Waals surface area contributed by atoms with Crippen LogP contribution in [0.3, 0.4) is 0 Å². The van der Waals surface area contributed by atoms with E-state index < -0.39 is 0 Å². The molecule has 0 fully saturated rings. The van der Waals surface area contributed by atoms with Crippen LogP contribution in [-0.4, -0.2) is 19.5 Å². The largest absolute Gasteiger partial charge is 0.309 e. The Hall–Kier alpha value is -7.77. The van der Waals surface area contributed by atoms with Crippen molar-refractivity contribution in [3.63, 3.8) is 0 Å². The van der Waals surface area contributed by atoms with Crippen molar-refractivity contribution in [2.75, 3.05) is 0 Å². The molecule has 0 aliphatic carbocycles. The van der Waals surface area contributed by atoms with Gasteiger partial charge in [0.25, 0.3) is 0 Å². The van der Waals surface area contributed by atoms with Crippen molar-refractivity contribution in [3.05, 3.63) is 206 Å². The highest BCUT2D eigenvalue weighted by Gasteiger charge is 2.20. The highest BCUT2D eigenvalue weighted by atomic mass is 32.1. The average molecular weight is 839 g/mol. The Kier molecular flexibility index (Phi) is 8.22. The lowest BCUT2D eigenvalue weighted by Crippen LogP contribution is -2.00. The molecule has 6 heteroatoms. The van der Waals surface area contributed by atoms with Crippen molar-refractivity contribution in [2.45, 2.75) is 0 Å². The van der Waals surface area contributed by atoms with Gasteiger partial charge in [0, 0.05) is 73.5 Å². The summed E-state index contributed by atoms with van der Waals surface area (Å²) in [5.74, 6) is 1.95. The van der Waals surface area contributed by atoms with Gasteiger partial charge in [-0.05, 0) is 89.0 Å². The minimum Gasteiger partial charge on any atom is -0.309 e. The van der Waals surface area contributed by atoms with Gasteiger partial charge in [-0.1, -0.05) is 140 Å². The first-order valence-corrected chi connectivity index (χ1v) is 22.7. The van der Waals surface area contributed by atoms with Crippen LogP contribution in [0.4, 0.5) is 0 Å². The summed E-state index contributed by atoms with van der Waals surface area (Å²) >= 11 is 3.61. The monoisotopic (exact) mass is 838 g/mol. The number of nitrogens with zero attached hydrogens (tertiary/aromatic N) is 4. The summed E-state index contributed by atoms with van der Waals surface area (Å²) in [5, 5.41) is 7.20. The number of fused-ring (bicyclic) bond motifs is 9. The number of hydrogen-bond donors (Lipinski definition) is 0. The fraction of sp³-hybridized carbons (Fsp3) is 0. The van der Waals surface area contributed by atoms with Crippen LogP contribution < -0.4 is 0 Å². The van der Waals surface area contributed by atoms with E-state index in [1.165, 1.54) is 62.4 Å². The minimum absolute atomic E-state index is 0.637. The zero-order chi connectivity index (χ0) is 41.4. The predicted molar refractivity (Wildman–Crippen MR) is 267 cm³/mol. The summed E-state index contributed by atoms with van der Waals surface area (Å²) in [6.07, 6.45) is 0. The molecule has 0 N–H and O–H groups in total. The third-order valence-electron chi connectivity index (χ3n) is 12.3. The van der Waals surface area contributed by atoms with Gasteiger partial charge in [0.2, 0.25) is 0 Å². The Morgan fingerprint density at radius 1 is 0.302 bits per heavy atom. The maximum absolute atomic E-state index is 5.36. The Morgan fingerprint density at radius 2 is 0.794 bits per heavy atom. The number of rotatable bonds is 6. The quantitative estimate of drug-likeness (QED) is 0.168. The maximum atomic E-state index is 5.36. The zero-order valence-electron chi connectivity index (χ0n) is 33.7. The molecule has 0 saturated heterocycles. The van der Waals surface area contributed by atoms with Gasteiger partial charge in [-0.2, -0.15) is 0 Å². The van der Waals surface area contributed by atoms with Gasteiger partial charge in [-0.3, -0.25) is 0 Å². The molecule has 294 valence electrons. The standard InChI is InChI=1S/C57H34N4S2/c1-3-12-35(13-4-1)36-22-24-37(25-23-36)38-27-30-48-46(32-38)47-33-39(28-31-49(47)61(48)41-14-5-2-6-15-41)55-58-56(40-26-29-43-42-16-7-9-19-50(42)63-53(43)34-40)60-57(59-55)45-18-11-21-52-54(45)44-17-8-10-20-51(44)62-52/h1-34H. The lowest BCUT2D eigenvalue weighted by Gasteiger charge is -2.10. The van der Waals surface area contributed by atoms with Crippen molar-refractivity contribution < 1.29 is 0 Å². The topological polar surface area (TPSA) is 43.6 Å². The van der Waals surface area contributed by atoms with Gasteiger partial charge in [-0.25, -0.2) is 15.0 Å². The lowest BCUT2D eigenvalue weighted by atomic mass is 9.99. The van der Waals surface area contributed by atoms with E-state index >= 15 is 0 Å². The van der Waals surface area contributed by atoms with E-state index in [0.29, 0.717) is 17.5 Å². The molecule has 4 aromatic heterocycles. The van der Waals surface area contributed by atoms with Crippen LogP contribution in [0, 0.1) is 0 Å². The van der Waals surface area contributed by atoms with Gasteiger partial charge in [-0.15, -0.1) is 22.7 Å². The normalized spacial score (nSPS) is 11.8. The summed E-state index contributed by atoms with van der Waals surface area (Å²) in [5.41, 5.74) is 11.0. The molecule has 0 unspecified atom stereocenters. The molecule has 0 bridgehead atoms. The number of para-hydroxylation sites is 1. The molecule has 4 nitrogen and oxygen atoms in total. The fourth-order valence-electron chi connectivity index (χ4n) is 9.26. The molecule has 13 rings (SSSR count). The summed E-state index contributed by atoms with van der Waals surface area (Å²) in [7, 11) is 0. The molecule has 0 atom stereocenters. The Bertz CT molecular complexity index is 3900. The van der Waals surface area contributed by atoms with Crippen molar-refractivity contribution >= 4 is 84.8 Å². The van der Waals surface area contributed by atoms with Crippen molar-refractivity contribution in [1.29, 1.82) is 0 Å². The minimum atomic E-state index is 0.637. The molecule has 9 aromatic carbocycles. The van der Waals surface area contributed by atoms with Crippen LogP contribution >= 0.6 is 22.7 Å². The summed E-state index contributed by atoms with van der Waals surface area (Å²) < 4.78 is 7.31. The lowest BCUT2D eigenvalue weighted by molar-refractivity contribution is 1.08. The predicted octanol–water partition coefficient (Wildman–Crippen LogP) is 16.0. The second-order valence-corrected chi connectivity index (χ2v) is 18.1. The Morgan fingerprint density at radius 3 is 1.54 bits per heavy atom. The smallest absolute Gasteiger partial charge is 0.164 e. The van der Waals surface area contributed by atoms with E-state index in [-0.39, 0.29) is 0 Å². The molecular formula is C57H34N4S2. The molecule has 63 heavy (non-hydrogen) atoms. The van der Waals surface area contributed by atoms with Crippen LogP contribution in [0.5, 0.6) is 0 Å². The molecule has 0 spiro atoms. The first-order valence-electron chi connectivity index (χ1n) is 21.1. The Balaban J connectivity index is 1.02. The first-order chi connectivity index (χ1) is 31.2. The molecular weight excluding hydrogens is 805 g/mol. The molecule has 13 aromatic rings. The van der Waals surface area contributed by atoms with E-state index in [0.717, 1.165) is 44.4 Å². The van der Waals surface area contributed by atoms with Gasteiger partial charge in [0.05, 0.1) is 11.0 Å². The summed E-state index contributed by atoms with van der Waals surface area (Å²) in [4.78, 5) is 16.0. The molecule has 0 amide bonds. The highest BCUT2D eigenvalue weighted by Crippen LogP contribution is 2.42. The van der Waals surface area contributed by atoms with E-state index in [2.05, 4.69) is 211 Å².